The summed E-state index contributed by atoms with van der Waals surface area (Å²) in [7, 11) is 0. The Hall–Kier alpha value is -1.32. The standard InChI is InChI=1S/C18H32O4/c1-3-15-21-17(19)13-11-9-7-5-6-8-10-12-14-18(20)22-16-4-2/h11,13H,3-10,12,14-16H2,1-2H3/b13-11+. The Balaban J connectivity index is 3.28. The summed E-state index contributed by atoms with van der Waals surface area (Å²) in [6.07, 6.45) is 13.2. The van der Waals surface area contributed by atoms with E-state index in [4.69, 9.17) is 9.47 Å². The van der Waals surface area contributed by atoms with Crippen molar-refractivity contribution in [3.05, 3.63) is 12.2 Å². The molecule has 0 rings (SSSR count). The highest BCUT2D eigenvalue weighted by Gasteiger charge is 2.01. The number of hydrogen-bond donors (Lipinski definition) is 0. The molecule has 0 unspecified atom stereocenters. The molecule has 22 heavy (non-hydrogen) atoms. The predicted molar refractivity (Wildman–Crippen MR) is 88.6 cm³/mol. The summed E-state index contributed by atoms with van der Waals surface area (Å²) < 4.78 is 9.97. The van der Waals surface area contributed by atoms with Crippen LogP contribution >= 0.6 is 0 Å². The normalized spacial score (nSPS) is 10.8. The van der Waals surface area contributed by atoms with Crippen LogP contribution in [0.25, 0.3) is 0 Å². The number of ether oxygens (including phenoxy) is 2. The molecule has 4 heteroatoms. The number of hydrogen-bond acceptors (Lipinski definition) is 4. The summed E-state index contributed by atoms with van der Waals surface area (Å²) in [6, 6.07) is 0. The molecule has 0 aromatic carbocycles. The molecule has 0 aliphatic heterocycles. The molecule has 0 saturated carbocycles. The first-order valence-corrected chi connectivity index (χ1v) is 8.69. The van der Waals surface area contributed by atoms with Crippen molar-refractivity contribution in [3.8, 4) is 0 Å². The van der Waals surface area contributed by atoms with Crippen LogP contribution in [0.4, 0.5) is 0 Å². The highest BCUT2D eigenvalue weighted by Crippen LogP contribution is 2.09. The largest absolute Gasteiger partial charge is 0.466 e. The highest BCUT2D eigenvalue weighted by atomic mass is 16.5. The van der Waals surface area contributed by atoms with Gasteiger partial charge >= 0.3 is 11.9 Å². The van der Waals surface area contributed by atoms with E-state index in [0.717, 1.165) is 51.4 Å². The van der Waals surface area contributed by atoms with E-state index >= 15 is 0 Å². The van der Waals surface area contributed by atoms with Gasteiger partial charge in [0.05, 0.1) is 13.2 Å². The van der Waals surface area contributed by atoms with Crippen LogP contribution in [-0.2, 0) is 19.1 Å². The summed E-state index contributed by atoms with van der Waals surface area (Å²) >= 11 is 0. The molecule has 0 aliphatic rings. The molecule has 4 nitrogen and oxygen atoms in total. The maximum atomic E-state index is 11.3. The Labute approximate surface area is 135 Å². The Morgan fingerprint density at radius 1 is 0.818 bits per heavy atom. The second kappa shape index (κ2) is 16.1. The third-order valence-corrected chi connectivity index (χ3v) is 3.17. The van der Waals surface area contributed by atoms with Gasteiger partial charge in [0.15, 0.2) is 0 Å². The summed E-state index contributed by atoms with van der Waals surface area (Å²) in [4.78, 5) is 22.4. The Morgan fingerprint density at radius 3 is 2.09 bits per heavy atom. The van der Waals surface area contributed by atoms with Crippen LogP contribution in [0.5, 0.6) is 0 Å². The first-order chi connectivity index (χ1) is 10.7. The minimum atomic E-state index is -0.239. The first kappa shape index (κ1) is 20.7. The van der Waals surface area contributed by atoms with Crippen LogP contribution in [0.2, 0.25) is 0 Å². The van der Waals surface area contributed by atoms with Gasteiger partial charge in [-0.3, -0.25) is 4.79 Å². The molecule has 0 fully saturated rings. The van der Waals surface area contributed by atoms with E-state index in [0.29, 0.717) is 19.6 Å². The number of rotatable bonds is 14. The van der Waals surface area contributed by atoms with Crippen molar-refractivity contribution in [3.63, 3.8) is 0 Å². The van der Waals surface area contributed by atoms with E-state index in [1.807, 2.05) is 19.9 Å². The van der Waals surface area contributed by atoms with Crippen molar-refractivity contribution < 1.29 is 19.1 Å². The Morgan fingerprint density at radius 2 is 1.41 bits per heavy atom. The molecular weight excluding hydrogens is 280 g/mol. The third-order valence-electron chi connectivity index (χ3n) is 3.17. The monoisotopic (exact) mass is 312 g/mol. The molecule has 0 spiro atoms. The van der Waals surface area contributed by atoms with E-state index < -0.39 is 0 Å². The van der Waals surface area contributed by atoms with Gasteiger partial charge in [0.1, 0.15) is 0 Å². The lowest BCUT2D eigenvalue weighted by atomic mass is 10.1. The lowest BCUT2D eigenvalue weighted by Gasteiger charge is -2.03. The molecule has 0 bridgehead atoms. The molecule has 0 amide bonds. The second-order valence-corrected chi connectivity index (χ2v) is 5.45. The molecular formula is C18H32O4. The van der Waals surface area contributed by atoms with Crippen LogP contribution in [0, 0.1) is 0 Å². The molecule has 0 radical (unpaired) electrons. The van der Waals surface area contributed by atoms with Gasteiger partial charge in [-0.1, -0.05) is 45.6 Å². The van der Waals surface area contributed by atoms with Gasteiger partial charge in [-0.05, 0) is 32.1 Å². The fourth-order valence-corrected chi connectivity index (χ4v) is 1.96. The maximum absolute atomic E-state index is 11.3. The quantitative estimate of drug-likeness (QED) is 0.268. The number of unbranched alkanes of at least 4 members (excludes halogenated alkanes) is 6. The van der Waals surface area contributed by atoms with Crippen molar-refractivity contribution in [1.29, 1.82) is 0 Å². The smallest absolute Gasteiger partial charge is 0.330 e. The third kappa shape index (κ3) is 15.1. The minimum absolute atomic E-state index is 0.0676. The van der Waals surface area contributed by atoms with Crippen LogP contribution in [-0.4, -0.2) is 25.2 Å². The van der Waals surface area contributed by atoms with Crippen molar-refractivity contribution >= 4 is 11.9 Å². The lowest BCUT2D eigenvalue weighted by Crippen LogP contribution is -2.04. The number of carbonyl (C=O) groups excluding carboxylic acids is 2. The zero-order valence-corrected chi connectivity index (χ0v) is 14.3. The summed E-state index contributed by atoms with van der Waals surface area (Å²) in [5, 5.41) is 0. The van der Waals surface area contributed by atoms with Gasteiger partial charge in [0.25, 0.3) is 0 Å². The zero-order chi connectivity index (χ0) is 16.5. The fraction of sp³-hybridized carbons (Fsp3) is 0.778. The van der Waals surface area contributed by atoms with Crippen LogP contribution < -0.4 is 0 Å². The lowest BCUT2D eigenvalue weighted by molar-refractivity contribution is -0.143. The number of esters is 2. The van der Waals surface area contributed by atoms with Gasteiger partial charge in [-0.25, -0.2) is 4.79 Å². The Bertz CT molecular complexity index is 310. The van der Waals surface area contributed by atoms with Crippen LogP contribution in [0.3, 0.4) is 0 Å². The summed E-state index contributed by atoms with van der Waals surface area (Å²) in [5.74, 6) is -0.307. The summed E-state index contributed by atoms with van der Waals surface area (Å²) in [5.41, 5.74) is 0. The number of carbonyl (C=O) groups is 2. The van der Waals surface area contributed by atoms with Crippen LogP contribution in [0.15, 0.2) is 12.2 Å². The SMILES string of the molecule is CCCOC(=O)/C=C/CCCCCCCCC(=O)OCCC. The molecule has 0 N–H and O–H groups in total. The molecule has 0 atom stereocenters. The average Bonchev–Trinajstić information content (AvgIpc) is 2.52. The van der Waals surface area contributed by atoms with Crippen molar-refractivity contribution in [2.24, 2.45) is 0 Å². The van der Waals surface area contributed by atoms with E-state index in [1.54, 1.807) is 0 Å². The van der Waals surface area contributed by atoms with E-state index in [1.165, 1.54) is 12.5 Å². The average molecular weight is 312 g/mol. The van der Waals surface area contributed by atoms with E-state index in [9.17, 15) is 9.59 Å². The molecule has 0 heterocycles. The van der Waals surface area contributed by atoms with Gasteiger partial charge in [0.2, 0.25) is 0 Å². The van der Waals surface area contributed by atoms with Crippen LogP contribution in [0.1, 0.15) is 78.1 Å². The van der Waals surface area contributed by atoms with Crippen molar-refractivity contribution in [2.45, 2.75) is 78.1 Å². The topological polar surface area (TPSA) is 52.6 Å². The molecule has 0 saturated heterocycles. The van der Waals surface area contributed by atoms with Crippen molar-refractivity contribution in [2.75, 3.05) is 13.2 Å². The van der Waals surface area contributed by atoms with Gasteiger partial charge in [0, 0.05) is 12.5 Å². The van der Waals surface area contributed by atoms with Gasteiger partial charge in [-0.15, -0.1) is 0 Å². The molecule has 0 aromatic rings. The predicted octanol–water partition coefficient (Wildman–Crippen LogP) is 4.57. The van der Waals surface area contributed by atoms with Crippen molar-refractivity contribution in [1.82, 2.24) is 0 Å². The number of allylic oxidation sites excluding steroid dienone is 1. The minimum Gasteiger partial charge on any atom is -0.466 e. The summed E-state index contributed by atoms with van der Waals surface area (Å²) in [6.45, 7) is 5.01. The molecule has 128 valence electrons. The maximum Gasteiger partial charge on any atom is 0.330 e. The highest BCUT2D eigenvalue weighted by molar-refractivity contribution is 5.81. The first-order valence-electron chi connectivity index (χ1n) is 8.69. The Kier molecular flexibility index (Phi) is 15.1. The zero-order valence-electron chi connectivity index (χ0n) is 14.3. The van der Waals surface area contributed by atoms with E-state index in [-0.39, 0.29) is 11.9 Å². The van der Waals surface area contributed by atoms with E-state index in [2.05, 4.69) is 0 Å². The van der Waals surface area contributed by atoms with Gasteiger partial charge in [-0.2, -0.15) is 0 Å². The fourth-order valence-electron chi connectivity index (χ4n) is 1.96. The molecule has 0 aromatic heterocycles. The molecule has 0 aliphatic carbocycles. The second-order valence-electron chi connectivity index (χ2n) is 5.45. The van der Waals surface area contributed by atoms with Gasteiger partial charge < -0.3 is 9.47 Å².